The molecule has 5 aliphatic heterocycles. The summed E-state index contributed by atoms with van der Waals surface area (Å²) in [6.45, 7) is 16.8. The first kappa shape index (κ1) is 99.3. The summed E-state index contributed by atoms with van der Waals surface area (Å²) in [5, 5.41) is 13.1. The van der Waals surface area contributed by atoms with Crippen LogP contribution in [0.5, 0.6) is 11.5 Å². The zero-order valence-corrected chi connectivity index (χ0v) is 81.8. The molecule has 0 radical (unpaired) electrons. The van der Waals surface area contributed by atoms with Crippen molar-refractivity contribution in [1.82, 2.24) is 9.88 Å². The molecule has 0 unspecified atom stereocenters. The number of carbonyl (C=O) groups is 10. The van der Waals surface area contributed by atoms with Gasteiger partial charge < -0.3 is 63.1 Å². The monoisotopic (exact) mass is 1960 g/mol. The van der Waals surface area contributed by atoms with Crippen LogP contribution in [0.2, 0.25) is 20.1 Å². The summed E-state index contributed by atoms with van der Waals surface area (Å²) in [4.78, 5) is 149. The Morgan fingerprint density at radius 1 is 0.388 bits per heavy atom. The molecule has 1 N–H and O–H groups in total. The van der Waals surface area contributed by atoms with Crippen LogP contribution in [0.1, 0.15) is 188 Å². The van der Waals surface area contributed by atoms with E-state index in [0.717, 1.165) is 86.2 Å². The Kier molecular flexibility index (Phi) is 31.8. The molecule has 1 fully saturated rings. The minimum absolute atomic E-state index is 0.000678. The Bertz CT molecular complexity index is 6600. The summed E-state index contributed by atoms with van der Waals surface area (Å²) in [5.41, 5.74) is 12.5. The minimum atomic E-state index is -1.07. The molecule has 2 aromatic heterocycles. The van der Waals surface area contributed by atoms with Crippen molar-refractivity contribution in [1.29, 1.82) is 0 Å². The second-order valence-corrected chi connectivity index (χ2v) is 37.5. The number of rotatable bonds is 18. The van der Waals surface area contributed by atoms with E-state index < -0.39 is 12.6 Å². The summed E-state index contributed by atoms with van der Waals surface area (Å²) >= 11 is 25.7. The highest BCUT2D eigenvalue weighted by atomic mass is 35.5. The number of ether oxygens (including phenoxy) is 2. The number of hydrogen-bond donors (Lipinski definition) is 1. The molecule has 0 spiro atoms. The molecule has 1 saturated heterocycles. The number of aromatic nitrogens is 1. The van der Waals surface area contributed by atoms with Crippen LogP contribution in [0.4, 0.5) is 45.5 Å². The highest BCUT2D eigenvalue weighted by Gasteiger charge is 2.44. The standard InChI is InChI=1S/C32H34ClN3O4.C28H24ClN3O3.C27H25ClN2O5.C23H21ClN2O2S/c1-21-20-31(36(23(3)38)26-12-10-25(33)11-13-26)29-6-4-5-7-30(29)35(21)32(39)24-8-14-27(15-9-24)40-28-16-18-34(19-17-28)22(2)37;1-18-15-26(32(19(2)33)23-13-11-22(29)12-14-23)24-5-3-4-6-25(24)31(18)28(34)21-9-7-20(8-10-21)27-16-30-17-35-27;1-17-15-25(30(18(2)31)21-11-9-20(28)10-12-21)23-5-3-4-6-24(23)29(17)27(34)19-7-13-22(14-8-19)35-16-26(32)33;1-15-14-21(26(16(2)27)18-11-9-17(24)10-12-18)19-6-3-4-7-20(19)25(15)23(28)22-8-5-13-29-22/h4-15,21,28,31H,16-20H2,1-3H3;3-14,16-18,26H,15H2,1-2H3;3-14,17,25H,15-16H2,1-2H3,(H,32,33);3-13,15,21H,14H2,1-2H3/t21-,31+;18-,26+;17-,25+;15-,21+/m0000/s1. The average Bonchev–Trinajstić information content (AvgIpc) is 1.24. The Hall–Kier alpha value is -14.2. The van der Waals surface area contributed by atoms with E-state index in [-0.39, 0.29) is 108 Å². The van der Waals surface area contributed by atoms with Gasteiger partial charge in [0.2, 0.25) is 29.5 Å². The predicted octanol–water partition coefficient (Wildman–Crippen LogP) is 24.1. The molecule has 11 aromatic carbocycles. The first-order valence-corrected chi connectivity index (χ1v) is 48.2. The van der Waals surface area contributed by atoms with E-state index >= 15 is 0 Å². The number of nitrogens with zero attached hydrogens (tertiary/aromatic N) is 10. The topological polar surface area (TPSA) is 265 Å². The molecule has 712 valence electrons. The molecular weight excluding hydrogens is 1860 g/mol. The number of likely N-dealkylation sites (tertiary alicyclic amines) is 1. The van der Waals surface area contributed by atoms with Gasteiger partial charge in [0.25, 0.3) is 23.6 Å². The first-order chi connectivity index (χ1) is 66.9. The zero-order chi connectivity index (χ0) is 98.6. The second-order valence-electron chi connectivity index (χ2n) is 34.8. The van der Waals surface area contributed by atoms with Crippen LogP contribution in [0.25, 0.3) is 11.3 Å². The molecule has 8 atom stereocenters. The van der Waals surface area contributed by atoms with E-state index in [1.54, 1.807) is 155 Å². The number of carbonyl (C=O) groups excluding carboxylic acids is 9. The fraction of sp³-hybridized carbons (Fsp3) is 0.245. The number of hydrogen-bond acceptors (Lipinski definition) is 15. The van der Waals surface area contributed by atoms with Crippen molar-refractivity contribution in [3.8, 4) is 22.8 Å². The van der Waals surface area contributed by atoms with Crippen LogP contribution in [0.15, 0.2) is 301 Å². The van der Waals surface area contributed by atoms with E-state index in [9.17, 15) is 47.9 Å². The van der Waals surface area contributed by atoms with Gasteiger partial charge in [-0.1, -0.05) is 137 Å². The lowest BCUT2D eigenvalue weighted by Gasteiger charge is -2.43. The van der Waals surface area contributed by atoms with Crippen LogP contribution in [0.3, 0.4) is 0 Å². The van der Waals surface area contributed by atoms with Gasteiger partial charge in [-0.2, -0.15) is 0 Å². The molecule has 0 saturated carbocycles. The van der Waals surface area contributed by atoms with Crippen LogP contribution in [-0.2, 0) is 28.8 Å². The molecule has 0 aliphatic carbocycles. The number of para-hydroxylation sites is 4. The summed E-state index contributed by atoms with van der Waals surface area (Å²) in [7, 11) is 0. The highest BCUT2D eigenvalue weighted by molar-refractivity contribution is 7.12. The molecule has 29 heteroatoms. The Morgan fingerprint density at radius 3 is 0.986 bits per heavy atom. The van der Waals surface area contributed by atoms with Gasteiger partial charge in [0, 0.05) is 173 Å². The number of oxazole rings is 1. The number of anilines is 8. The van der Waals surface area contributed by atoms with E-state index in [0.29, 0.717) is 97.7 Å². The van der Waals surface area contributed by atoms with Gasteiger partial charge in [-0.25, -0.2) is 9.78 Å². The van der Waals surface area contributed by atoms with Crippen LogP contribution >= 0.6 is 57.7 Å². The summed E-state index contributed by atoms with van der Waals surface area (Å²) in [6.07, 6.45) is 7.03. The van der Waals surface area contributed by atoms with Crippen molar-refractivity contribution < 1.29 is 66.9 Å². The number of piperidine rings is 1. The molecular formula is C110H104Cl4N10O14S. The van der Waals surface area contributed by atoms with Gasteiger partial charge in [-0.15, -0.1) is 11.3 Å². The van der Waals surface area contributed by atoms with Gasteiger partial charge in [0.1, 0.15) is 17.6 Å². The smallest absolute Gasteiger partial charge is 0.341 e. The molecule has 18 rings (SSSR count). The van der Waals surface area contributed by atoms with Crippen molar-refractivity contribution in [3.05, 3.63) is 361 Å². The normalized spacial score (nSPS) is 17.8. The quantitative estimate of drug-likeness (QED) is 0.0837. The van der Waals surface area contributed by atoms with Crippen molar-refractivity contribution in [2.24, 2.45) is 0 Å². The predicted molar refractivity (Wildman–Crippen MR) is 547 cm³/mol. The minimum Gasteiger partial charge on any atom is -0.490 e. The van der Waals surface area contributed by atoms with Crippen molar-refractivity contribution in [2.45, 2.75) is 155 Å². The largest absolute Gasteiger partial charge is 0.490 e. The maximum Gasteiger partial charge on any atom is 0.341 e. The van der Waals surface area contributed by atoms with Crippen molar-refractivity contribution >= 4 is 162 Å². The average molecular weight is 1960 g/mol. The molecule has 7 heterocycles. The fourth-order valence-corrected chi connectivity index (χ4v) is 20.3. The first-order valence-electron chi connectivity index (χ1n) is 45.8. The Labute approximate surface area is 831 Å². The van der Waals surface area contributed by atoms with Gasteiger partial charge >= 0.3 is 5.97 Å². The van der Waals surface area contributed by atoms with Gasteiger partial charge in [-0.05, 0) is 269 Å². The number of aliphatic carboxylic acids is 1. The Morgan fingerprint density at radius 2 is 0.698 bits per heavy atom. The third-order valence-corrected chi connectivity index (χ3v) is 27.3. The van der Waals surface area contributed by atoms with Crippen LogP contribution < -0.4 is 48.7 Å². The lowest BCUT2D eigenvalue weighted by molar-refractivity contribution is -0.139. The van der Waals surface area contributed by atoms with Crippen molar-refractivity contribution in [2.75, 3.05) is 58.9 Å². The van der Waals surface area contributed by atoms with Gasteiger partial charge in [0.05, 0.1) is 35.2 Å². The molecule has 5 aliphatic rings. The van der Waals surface area contributed by atoms with E-state index in [1.165, 1.54) is 24.7 Å². The lowest BCUT2D eigenvalue weighted by Crippen LogP contribution is -2.47. The third-order valence-electron chi connectivity index (χ3n) is 25.5. The summed E-state index contributed by atoms with van der Waals surface area (Å²) in [6, 6.07) is 83.4. The lowest BCUT2D eigenvalue weighted by atomic mass is 9.89. The number of carboxylic acids is 1. The van der Waals surface area contributed by atoms with E-state index in [1.807, 2.05) is 235 Å². The number of carboxylic acid groups (broad SMARTS) is 1. The Balaban J connectivity index is 0.000000141. The maximum absolute atomic E-state index is 13.8. The van der Waals surface area contributed by atoms with Gasteiger partial charge in [-0.3, -0.25) is 43.2 Å². The number of benzene rings is 11. The molecule has 13 aromatic rings. The van der Waals surface area contributed by atoms with E-state index in [4.69, 9.17) is 65.4 Å². The van der Waals surface area contributed by atoms with E-state index in [2.05, 4.69) is 4.98 Å². The van der Waals surface area contributed by atoms with Gasteiger partial charge in [0.15, 0.2) is 18.8 Å². The molecule has 9 amide bonds. The summed E-state index contributed by atoms with van der Waals surface area (Å²) < 4.78 is 16.7. The SMILES string of the molecule is CC(=O)N(c1ccc(Cl)cc1)[C@@H]1C[C@H](C)N(C(=O)c2ccc(-c3cnco3)cc2)c2ccccc21.CC(=O)N(c1ccc(Cl)cc1)[C@@H]1C[C@H](C)N(C(=O)c2ccc(OCC(=O)O)cc2)c2ccccc21.CC(=O)N(c1ccc(Cl)cc1)[C@@H]1C[C@H](C)N(C(=O)c2cccs2)c2ccccc21.CC(=O)N1CCC(Oc2ccc(C(=O)N3c4ccccc4[C@H](N(C(C)=O)c4ccc(Cl)cc4)C[C@@H]3C)cc2)CC1. The molecule has 0 bridgehead atoms. The number of halogens is 4. The molecule has 139 heavy (non-hydrogen) atoms. The number of thiophene rings is 1. The van der Waals surface area contributed by atoms with Crippen LogP contribution in [0, 0.1) is 0 Å². The zero-order valence-electron chi connectivity index (χ0n) is 78.0. The highest BCUT2D eigenvalue weighted by Crippen LogP contribution is 2.49. The fourth-order valence-electron chi connectivity index (χ4n) is 19.1. The second kappa shape index (κ2) is 44.5. The van der Waals surface area contributed by atoms with Crippen LogP contribution in [-0.4, -0.2) is 124 Å². The number of fused-ring (bicyclic) bond motifs is 4. The molecule has 24 nitrogen and oxygen atoms in total. The number of amides is 9. The van der Waals surface area contributed by atoms with Crippen molar-refractivity contribution in [3.63, 3.8) is 0 Å². The summed E-state index contributed by atoms with van der Waals surface area (Å²) in [5.74, 6) is 0.0996. The maximum atomic E-state index is 13.8. The third kappa shape index (κ3) is 22.6.